The van der Waals surface area contributed by atoms with E-state index in [2.05, 4.69) is 0 Å². The van der Waals surface area contributed by atoms with Crippen LogP contribution in [0.1, 0.15) is 27.0 Å². The van der Waals surface area contributed by atoms with E-state index < -0.39 is 5.97 Å². The zero-order chi connectivity index (χ0) is 19.7. The van der Waals surface area contributed by atoms with Crippen LogP contribution in [0.3, 0.4) is 0 Å². The molecule has 0 atom stereocenters. The second-order valence-corrected chi connectivity index (χ2v) is 6.70. The maximum atomic E-state index is 13.4. The van der Waals surface area contributed by atoms with E-state index in [4.69, 9.17) is 18.9 Å². The third-order valence-corrected chi connectivity index (χ3v) is 5.10. The molecule has 7 heteroatoms. The number of fused-ring (bicyclic) bond motifs is 2. The molecule has 0 bridgehead atoms. The van der Waals surface area contributed by atoms with Gasteiger partial charge in [0.15, 0.2) is 11.5 Å². The number of esters is 1. The molecule has 4 rings (SSSR count). The quantitative estimate of drug-likeness (QED) is 0.755. The summed E-state index contributed by atoms with van der Waals surface area (Å²) in [6, 6.07) is 9.17. The molecule has 0 N–H and O–H groups in total. The van der Waals surface area contributed by atoms with Crippen molar-refractivity contribution in [3.05, 3.63) is 52.6 Å². The fourth-order valence-electron chi connectivity index (χ4n) is 3.64. The summed E-state index contributed by atoms with van der Waals surface area (Å²) >= 11 is 0. The minimum atomic E-state index is -0.404. The first-order chi connectivity index (χ1) is 13.6. The van der Waals surface area contributed by atoms with E-state index in [-0.39, 0.29) is 19.1 Å². The molecule has 0 aromatic heterocycles. The molecular formula is C21H21NO6. The standard InChI is InChI=1S/C21H21NO6/c1-25-16-5-3-4-14(10-19(23)26-2)20(16)21(24)22-7-6-13-8-17-18(28-12-27-17)9-15(13)11-22/h3-5,8-9H,6-7,10-12H2,1-2H3. The number of hydrogen-bond acceptors (Lipinski definition) is 6. The number of amides is 1. The van der Waals surface area contributed by atoms with Gasteiger partial charge in [-0.15, -0.1) is 0 Å². The number of rotatable bonds is 4. The van der Waals surface area contributed by atoms with Gasteiger partial charge in [-0.3, -0.25) is 9.59 Å². The first-order valence-electron chi connectivity index (χ1n) is 9.04. The molecule has 0 saturated carbocycles. The van der Waals surface area contributed by atoms with E-state index in [0.29, 0.717) is 35.7 Å². The fraction of sp³-hybridized carbons (Fsp3) is 0.333. The summed E-state index contributed by atoms with van der Waals surface area (Å²) in [5, 5.41) is 0. The lowest BCUT2D eigenvalue weighted by Gasteiger charge is -2.30. The molecule has 0 fully saturated rings. The zero-order valence-electron chi connectivity index (χ0n) is 15.8. The van der Waals surface area contributed by atoms with Crippen LogP contribution < -0.4 is 14.2 Å². The Bertz CT molecular complexity index is 939. The normalized spacial score (nSPS) is 14.4. The van der Waals surface area contributed by atoms with E-state index >= 15 is 0 Å². The Morgan fingerprint density at radius 1 is 1.11 bits per heavy atom. The van der Waals surface area contributed by atoms with Gasteiger partial charge in [0.25, 0.3) is 5.91 Å². The minimum Gasteiger partial charge on any atom is -0.496 e. The van der Waals surface area contributed by atoms with Gasteiger partial charge in [0.2, 0.25) is 6.79 Å². The molecule has 0 unspecified atom stereocenters. The van der Waals surface area contributed by atoms with Gasteiger partial charge < -0.3 is 23.8 Å². The number of ether oxygens (including phenoxy) is 4. The second kappa shape index (κ2) is 7.42. The van der Waals surface area contributed by atoms with Crippen LogP contribution in [0.15, 0.2) is 30.3 Å². The molecule has 0 aliphatic carbocycles. The maximum absolute atomic E-state index is 13.4. The Kier molecular flexibility index (Phi) is 4.81. The van der Waals surface area contributed by atoms with E-state index in [1.165, 1.54) is 14.2 Å². The number of hydrogen-bond donors (Lipinski definition) is 0. The van der Waals surface area contributed by atoms with Gasteiger partial charge >= 0.3 is 5.97 Å². The monoisotopic (exact) mass is 383 g/mol. The molecule has 146 valence electrons. The highest BCUT2D eigenvalue weighted by Crippen LogP contribution is 2.37. The molecule has 0 radical (unpaired) electrons. The lowest BCUT2D eigenvalue weighted by atomic mass is 9.96. The number of nitrogens with zero attached hydrogens (tertiary/aromatic N) is 1. The van der Waals surface area contributed by atoms with Crippen molar-refractivity contribution in [2.45, 2.75) is 19.4 Å². The Balaban J connectivity index is 1.64. The van der Waals surface area contributed by atoms with Gasteiger partial charge in [0.1, 0.15) is 5.75 Å². The minimum absolute atomic E-state index is 0.0118. The summed E-state index contributed by atoms with van der Waals surface area (Å²) < 4.78 is 21.1. The summed E-state index contributed by atoms with van der Waals surface area (Å²) in [4.78, 5) is 26.9. The van der Waals surface area contributed by atoms with Crippen LogP contribution >= 0.6 is 0 Å². The van der Waals surface area contributed by atoms with Crippen molar-refractivity contribution in [3.63, 3.8) is 0 Å². The van der Waals surface area contributed by atoms with Crippen molar-refractivity contribution in [2.24, 2.45) is 0 Å². The van der Waals surface area contributed by atoms with Gasteiger partial charge in [0.05, 0.1) is 26.2 Å². The molecule has 7 nitrogen and oxygen atoms in total. The summed E-state index contributed by atoms with van der Waals surface area (Å²) in [5.41, 5.74) is 3.18. The average Bonchev–Trinajstić information content (AvgIpc) is 3.18. The lowest BCUT2D eigenvalue weighted by molar-refractivity contribution is -0.139. The number of methoxy groups -OCH3 is 2. The first kappa shape index (κ1) is 18.2. The third kappa shape index (κ3) is 3.24. The number of carbonyl (C=O) groups is 2. The second-order valence-electron chi connectivity index (χ2n) is 6.70. The molecular weight excluding hydrogens is 362 g/mol. The largest absolute Gasteiger partial charge is 0.496 e. The maximum Gasteiger partial charge on any atom is 0.310 e. The van der Waals surface area contributed by atoms with Crippen LogP contribution in [0.2, 0.25) is 0 Å². The van der Waals surface area contributed by atoms with Crippen LogP contribution in [-0.4, -0.2) is 44.3 Å². The van der Waals surface area contributed by atoms with Gasteiger partial charge in [-0.25, -0.2) is 0 Å². The average molecular weight is 383 g/mol. The molecule has 2 aromatic carbocycles. The Hall–Kier alpha value is -3.22. The topological polar surface area (TPSA) is 74.3 Å². The zero-order valence-corrected chi connectivity index (χ0v) is 15.8. The van der Waals surface area contributed by atoms with Crippen molar-refractivity contribution < 1.29 is 28.5 Å². The summed E-state index contributed by atoms with van der Waals surface area (Å²) in [7, 11) is 2.84. The van der Waals surface area contributed by atoms with Gasteiger partial charge in [-0.05, 0) is 41.3 Å². The van der Waals surface area contributed by atoms with Gasteiger partial charge in [0, 0.05) is 13.1 Å². The van der Waals surface area contributed by atoms with Crippen LogP contribution in [-0.2, 0) is 28.9 Å². The predicted octanol–water partition coefficient (Wildman–Crippen LogP) is 2.34. The predicted molar refractivity (Wildman–Crippen MR) is 99.7 cm³/mol. The molecule has 1 amide bonds. The number of carbonyl (C=O) groups excluding carboxylic acids is 2. The Morgan fingerprint density at radius 2 is 1.86 bits per heavy atom. The smallest absolute Gasteiger partial charge is 0.310 e. The van der Waals surface area contributed by atoms with Crippen molar-refractivity contribution >= 4 is 11.9 Å². The van der Waals surface area contributed by atoms with E-state index in [1.807, 2.05) is 12.1 Å². The highest BCUT2D eigenvalue weighted by molar-refractivity contribution is 5.99. The number of benzene rings is 2. The van der Waals surface area contributed by atoms with Crippen LogP contribution in [0.25, 0.3) is 0 Å². The van der Waals surface area contributed by atoms with Crippen molar-refractivity contribution in [2.75, 3.05) is 27.6 Å². The van der Waals surface area contributed by atoms with Crippen LogP contribution in [0.5, 0.6) is 17.2 Å². The SMILES string of the molecule is COC(=O)Cc1cccc(OC)c1C(=O)N1CCc2cc3c(cc2C1)OCO3. The summed E-state index contributed by atoms with van der Waals surface area (Å²) in [6.45, 7) is 1.25. The lowest BCUT2D eigenvalue weighted by Crippen LogP contribution is -2.36. The molecule has 0 saturated heterocycles. The molecule has 28 heavy (non-hydrogen) atoms. The Labute approximate surface area is 162 Å². The van der Waals surface area contributed by atoms with Crippen molar-refractivity contribution in [3.8, 4) is 17.2 Å². The highest BCUT2D eigenvalue weighted by atomic mass is 16.7. The molecule has 2 aliphatic heterocycles. The van der Waals surface area contributed by atoms with Crippen molar-refractivity contribution in [1.29, 1.82) is 0 Å². The summed E-state index contributed by atoms with van der Waals surface area (Å²) in [6.07, 6.45) is 0.733. The third-order valence-electron chi connectivity index (χ3n) is 5.10. The molecule has 2 heterocycles. The van der Waals surface area contributed by atoms with Crippen LogP contribution in [0, 0.1) is 0 Å². The molecule has 0 spiro atoms. The first-order valence-corrected chi connectivity index (χ1v) is 9.04. The van der Waals surface area contributed by atoms with Crippen molar-refractivity contribution in [1.82, 2.24) is 4.90 Å². The fourth-order valence-corrected chi connectivity index (χ4v) is 3.64. The molecule has 2 aliphatic rings. The van der Waals surface area contributed by atoms with Gasteiger partial charge in [-0.2, -0.15) is 0 Å². The van der Waals surface area contributed by atoms with E-state index in [9.17, 15) is 9.59 Å². The van der Waals surface area contributed by atoms with Crippen LogP contribution in [0.4, 0.5) is 0 Å². The van der Waals surface area contributed by atoms with E-state index in [1.54, 1.807) is 23.1 Å². The summed E-state index contributed by atoms with van der Waals surface area (Å²) in [5.74, 6) is 1.34. The Morgan fingerprint density at radius 3 is 2.57 bits per heavy atom. The molecule has 2 aromatic rings. The van der Waals surface area contributed by atoms with Gasteiger partial charge in [-0.1, -0.05) is 12.1 Å². The highest BCUT2D eigenvalue weighted by Gasteiger charge is 2.28. The van der Waals surface area contributed by atoms with E-state index in [0.717, 1.165) is 23.3 Å².